The van der Waals surface area contributed by atoms with E-state index in [2.05, 4.69) is 0 Å². The van der Waals surface area contributed by atoms with E-state index in [1.54, 1.807) is 0 Å². The number of benzene rings is 1. The van der Waals surface area contributed by atoms with Crippen LogP contribution in [0.2, 0.25) is 0 Å². The first-order chi connectivity index (χ1) is 5.24. The molecule has 0 bridgehead atoms. The van der Waals surface area contributed by atoms with Crippen molar-refractivity contribution in [3.63, 3.8) is 0 Å². The second kappa shape index (κ2) is 3.55. The summed E-state index contributed by atoms with van der Waals surface area (Å²) in [4.78, 5) is 11.2. The quantitative estimate of drug-likeness (QED) is 0.519. The van der Waals surface area contributed by atoms with Gasteiger partial charge in [-0.25, -0.2) is 0 Å². The van der Waals surface area contributed by atoms with Crippen LogP contribution >= 0.6 is 11.1 Å². The third-order valence-corrected chi connectivity index (χ3v) is 2.57. The molecular formula is C8H11NOS. The number of hydrogen-bond donors (Lipinski definition) is 2. The van der Waals surface area contributed by atoms with E-state index in [1.165, 1.54) is 5.56 Å². The largest absolute Gasteiger partial charge is 0.291 e. The molecule has 2 N–H and O–H groups in total. The van der Waals surface area contributed by atoms with Crippen molar-refractivity contribution < 1.29 is 4.79 Å². The average Bonchev–Trinajstić information content (AvgIpc) is 2.05. The van der Waals surface area contributed by atoms with Gasteiger partial charge in [0, 0.05) is 4.90 Å². The number of thiol groups is 1. The normalized spacial score (nSPS) is 14.2. The maximum atomic E-state index is 10.3. The zero-order chi connectivity index (χ0) is 8.27. The van der Waals surface area contributed by atoms with Gasteiger partial charge < -0.3 is 0 Å². The fourth-order valence-electron chi connectivity index (χ4n) is 0.778. The van der Waals surface area contributed by atoms with Crippen molar-refractivity contribution in [2.24, 2.45) is 5.14 Å². The Balaban J connectivity index is 2.89. The number of rotatable bonds is 2. The molecule has 0 saturated heterocycles. The Morgan fingerprint density at radius 3 is 2.36 bits per heavy atom. The highest BCUT2D eigenvalue weighted by Crippen LogP contribution is 2.24. The molecule has 2 nitrogen and oxygen atoms in total. The lowest BCUT2D eigenvalue weighted by Gasteiger charge is -2.07. The minimum Gasteiger partial charge on any atom is -0.291 e. The minimum absolute atomic E-state index is 0.806. The topological polar surface area (TPSA) is 43.1 Å². The molecule has 1 aromatic carbocycles. The summed E-state index contributed by atoms with van der Waals surface area (Å²) in [6, 6.07) is 7.72. The molecule has 60 valence electrons. The van der Waals surface area contributed by atoms with Crippen LogP contribution in [0.25, 0.3) is 0 Å². The van der Waals surface area contributed by atoms with E-state index in [-0.39, 0.29) is 0 Å². The first-order valence-electron chi connectivity index (χ1n) is 3.30. The molecule has 0 aliphatic carbocycles. The molecule has 11 heavy (non-hydrogen) atoms. The molecule has 1 unspecified atom stereocenters. The summed E-state index contributed by atoms with van der Waals surface area (Å²) in [6.07, 6.45) is 0. The van der Waals surface area contributed by atoms with Gasteiger partial charge in [0.15, 0.2) is 5.62 Å². The van der Waals surface area contributed by atoms with E-state index >= 15 is 0 Å². The smallest absolute Gasteiger partial charge is 0.172 e. The lowest BCUT2D eigenvalue weighted by atomic mass is 10.2. The fraction of sp³-hybridized carbons (Fsp3) is 0.125. The highest BCUT2D eigenvalue weighted by molar-refractivity contribution is 8.26. The maximum absolute atomic E-state index is 10.3. The highest BCUT2D eigenvalue weighted by Gasteiger charge is 1.96. The zero-order valence-electron chi connectivity index (χ0n) is 6.32. The van der Waals surface area contributed by atoms with Gasteiger partial charge in [-0.2, -0.15) is 0 Å². The predicted octanol–water partition coefficient (Wildman–Crippen LogP) is 1.42. The Morgan fingerprint density at radius 2 is 1.91 bits per heavy atom. The Morgan fingerprint density at radius 1 is 1.36 bits per heavy atom. The number of hydrogen-bond acceptors (Lipinski definition) is 2. The van der Waals surface area contributed by atoms with Crippen molar-refractivity contribution >= 4 is 16.7 Å². The number of carbonyl (C=O) groups is 1. The van der Waals surface area contributed by atoms with Crippen LogP contribution in [-0.2, 0) is 4.79 Å². The van der Waals surface area contributed by atoms with E-state index < -0.39 is 11.1 Å². The summed E-state index contributed by atoms with van der Waals surface area (Å²) >= 11 is -1.07. The van der Waals surface area contributed by atoms with Crippen LogP contribution in [0.5, 0.6) is 0 Å². The van der Waals surface area contributed by atoms with Crippen LogP contribution in [0.1, 0.15) is 5.56 Å². The average molecular weight is 169 g/mol. The molecule has 0 heterocycles. The standard InChI is InChI=1S/C8H11NOS/c1-7-2-4-8(5-3-7)11(9)6-10/h2-6,11H,9H2,1H3. The predicted molar refractivity (Wildman–Crippen MR) is 49.4 cm³/mol. The van der Waals surface area contributed by atoms with E-state index in [0.29, 0.717) is 0 Å². The SMILES string of the molecule is Cc1ccc([SH](N)C=O)cc1. The van der Waals surface area contributed by atoms with Crippen molar-refractivity contribution in [1.82, 2.24) is 0 Å². The molecule has 0 amide bonds. The molecule has 0 radical (unpaired) electrons. The van der Waals surface area contributed by atoms with Crippen LogP contribution < -0.4 is 5.14 Å². The first kappa shape index (κ1) is 8.30. The second-order valence-electron chi connectivity index (χ2n) is 2.35. The molecular weight excluding hydrogens is 158 g/mol. The summed E-state index contributed by atoms with van der Waals surface area (Å²) in [6.45, 7) is 2.00. The van der Waals surface area contributed by atoms with E-state index in [0.717, 1.165) is 10.5 Å². The van der Waals surface area contributed by atoms with Crippen molar-refractivity contribution in [3.8, 4) is 0 Å². The van der Waals surface area contributed by atoms with Gasteiger partial charge in [-0.3, -0.25) is 9.93 Å². The third-order valence-electron chi connectivity index (χ3n) is 1.45. The van der Waals surface area contributed by atoms with Gasteiger partial charge in [0.1, 0.15) is 0 Å². The van der Waals surface area contributed by atoms with Gasteiger partial charge in [-0.15, -0.1) is 11.1 Å². The second-order valence-corrected chi connectivity index (χ2v) is 3.89. The summed E-state index contributed by atoms with van der Waals surface area (Å²) < 4.78 is 0. The van der Waals surface area contributed by atoms with E-state index in [1.807, 2.05) is 31.2 Å². The molecule has 1 aromatic rings. The van der Waals surface area contributed by atoms with Crippen molar-refractivity contribution in [2.75, 3.05) is 0 Å². The van der Waals surface area contributed by atoms with Gasteiger partial charge in [-0.1, -0.05) is 17.7 Å². The Kier molecular flexibility index (Phi) is 2.68. The Labute approximate surface area is 68.9 Å². The first-order valence-corrected chi connectivity index (χ1v) is 4.78. The number of carbonyl (C=O) groups excluding carboxylic acids is 1. The molecule has 0 aliphatic rings. The lowest BCUT2D eigenvalue weighted by Crippen LogP contribution is -1.94. The molecule has 0 spiro atoms. The van der Waals surface area contributed by atoms with Crippen molar-refractivity contribution in [1.29, 1.82) is 0 Å². The van der Waals surface area contributed by atoms with Crippen molar-refractivity contribution in [2.45, 2.75) is 11.8 Å². The monoisotopic (exact) mass is 169 g/mol. The van der Waals surface area contributed by atoms with Crippen LogP contribution in [0.3, 0.4) is 0 Å². The third kappa shape index (κ3) is 2.06. The van der Waals surface area contributed by atoms with Gasteiger partial charge in [0.2, 0.25) is 0 Å². The maximum Gasteiger partial charge on any atom is 0.172 e. The summed E-state index contributed by atoms with van der Waals surface area (Å²) in [7, 11) is 0. The zero-order valence-corrected chi connectivity index (χ0v) is 7.21. The fourth-order valence-corrected chi connectivity index (χ4v) is 1.39. The number of aryl methyl sites for hydroxylation is 1. The molecule has 3 heteroatoms. The highest BCUT2D eigenvalue weighted by atomic mass is 32.2. The van der Waals surface area contributed by atoms with Crippen LogP contribution in [-0.4, -0.2) is 5.62 Å². The van der Waals surface area contributed by atoms with Crippen LogP contribution in [0, 0.1) is 6.92 Å². The Bertz CT molecular complexity index is 245. The van der Waals surface area contributed by atoms with Gasteiger partial charge >= 0.3 is 0 Å². The lowest BCUT2D eigenvalue weighted by molar-refractivity contribution is 0.569. The summed E-state index contributed by atoms with van der Waals surface area (Å²) in [5, 5.41) is 5.54. The van der Waals surface area contributed by atoms with Crippen LogP contribution in [0.4, 0.5) is 0 Å². The van der Waals surface area contributed by atoms with E-state index in [4.69, 9.17) is 5.14 Å². The van der Waals surface area contributed by atoms with Crippen molar-refractivity contribution in [3.05, 3.63) is 29.8 Å². The molecule has 1 rings (SSSR count). The molecule has 0 aromatic heterocycles. The van der Waals surface area contributed by atoms with Gasteiger partial charge in [0.05, 0.1) is 0 Å². The number of nitrogens with two attached hydrogens (primary N) is 1. The van der Waals surface area contributed by atoms with E-state index in [9.17, 15) is 4.79 Å². The summed E-state index contributed by atoms with van der Waals surface area (Å²) in [5.41, 5.74) is 1.99. The molecule has 0 aliphatic heterocycles. The molecule has 0 saturated carbocycles. The minimum atomic E-state index is -1.07. The molecule has 0 fully saturated rings. The summed E-state index contributed by atoms with van der Waals surface area (Å²) in [5.74, 6) is 0. The van der Waals surface area contributed by atoms with Gasteiger partial charge in [0.25, 0.3) is 0 Å². The van der Waals surface area contributed by atoms with Gasteiger partial charge in [-0.05, 0) is 19.1 Å². The Hall–Kier alpha value is -0.800. The molecule has 1 atom stereocenters. The van der Waals surface area contributed by atoms with Crippen LogP contribution in [0.15, 0.2) is 29.2 Å².